The molecule has 2 aromatic rings. The van der Waals surface area contributed by atoms with Crippen molar-refractivity contribution < 1.29 is 22.7 Å². The van der Waals surface area contributed by atoms with Gasteiger partial charge in [-0.25, -0.2) is 8.42 Å². The zero-order chi connectivity index (χ0) is 23.0. The van der Waals surface area contributed by atoms with Crippen LogP contribution in [0, 0.1) is 13.8 Å². The van der Waals surface area contributed by atoms with Gasteiger partial charge < -0.3 is 10.1 Å². The fraction of sp³-hybridized carbons (Fsp3) is 0.391. The first kappa shape index (κ1) is 24.6. The van der Waals surface area contributed by atoms with Gasteiger partial charge in [0, 0.05) is 25.2 Å². The Morgan fingerprint density at radius 3 is 2.10 bits per heavy atom. The van der Waals surface area contributed by atoms with E-state index >= 15 is 0 Å². The normalized spacial score (nSPS) is 11.4. The molecule has 0 unspecified atom stereocenters. The van der Waals surface area contributed by atoms with Gasteiger partial charge in [-0.05, 0) is 49.1 Å². The van der Waals surface area contributed by atoms with Gasteiger partial charge in [0.25, 0.3) is 5.91 Å². The number of rotatable bonds is 10. The van der Waals surface area contributed by atoms with E-state index in [2.05, 4.69) is 5.32 Å². The predicted molar refractivity (Wildman–Crippen MR) is 120 cm³/mol. The van der Waals surface area contributed by atoms with E-state index in [4.69, 9.17) is 4.74 Å². The average molecular weight is 447 g/mol. The summed E-state index contributed by atoms with van der Waals surface area (Å²) in [4.78, 5) is 24.3. The van der Waals surface area contributed by atoms with Gasteiger partial charge in [-0.3, -0.25) is 9.59 Å². The highest BCUT2D eigenvalue weighted by Gasteiger charge is 2.21. The maximum Gasteiger partial charge on any atom is 0.306 e. The van der Waals surface area contributed by atoms with Crippen LogP contribution in [0.15, 0.2) is 47.4 Å². The molecule has 0 aromatic heterocycles. The molecule has 0 aliphatic heterocycles. The molecule has 0 saturated carbocycles. The summed E-state index contributed by atoms with van der Waals surface area (Å²) >= 11 is 0. The van der Waals surface area contributed by atoms with Crippen LogP contribution in [0.5, 0.6) is 0 Å². The van der Waals surface area contributed by atoms with Crippen LogP contribution in [0.4, 0.5) is 5.69 Å². The molecule has 0 saturated heterocycles. The molecule has 2 aromatic carbocycles. The Bertz CT molecular complexity index is 993. The van der Waals surface area contributed by atoms with Crippen LogP contribution in [0.25, 0.3) is 0 Å². The summed E-state index contributed by atoms with van der Waals surface area (Å²) in [6, 6.07) is 12.2. The number of nitrogens with zero attached hydrogens (tertiary/aromatic N) is 1. The van der Waals surface area contributed by atoms with E-state index in [1.807, 2.05) is 32.0 Å². The first-order valence-corrected chi connectivity index (χ1v) is 11.7. The van der Waals surface area contributed by atoms with Crippen molar-refractivity contribution in [1.29, 1.82) is 0 Å². The van der Waals surface area contributed by atoms with Crippen molar-refractivity contribution in [3.05, 3.63) is 59.2 Å². The molecule has 7 nitrogen and oxygen atoms in total. The van der Waals surface area contributed by atoms with Crippen molar-refractivity contribution in [2.24, 2.45) is 0 Å². The molecule has 8 heteroatoms. The fourth-order valence-electron chi connectivity index (χ4n) is 3.19. The lowest BCUT2D eigenvalue weighted by Gasteiger charge is -2.18. The Hall–Kier alpha value is -2.71. The minimum Gasteiger partial charge on any atom is -0.456 e. The fourth-order valence-corrected chi connectivity index (χ4v) is 4.65. The summed E-state index contributed by atoms with van der Waals surface area (Å²) in [5, 5.41) is 2.77. The largest absolute Gasteiger partial charge is 0.456 e. The highest BCUT2D eigenvalue weighted by atomic mass is 32.2. The standard InChI is InChI=1S/C23H30N2O5S/c1-5-25(6-2)31(28,29)20-13-10-19(11-14-20)12-15-22(27)30-16-21(26)24-23-17(3)8-7-9-18(23)4/h7-11,13-14H,5-6,12,15-16H2,1-4H3,(H,24,26). The van der Waals surface area contributed by atoms with E-state index in [1.54, 1.807) is 38.1 Å². The monoisotopic (exact) mass is 446 g/mol. The van der Waals surface area contributed by atoms with Crippen molar-refractivity contribution in [2.75, 3.05) is 25.0 Å². The minimum atomic E-state index is -3.50. The zero-order valence-electron chi connectivity index (χ0n) is 18.5. The number of amides is 1. The third kappa shape index (κ3) is 6.63. The summed E-state index contributed by atoms with van der Waals surface area (Å²) < 4.78 is 31.5. The van der Waals surface area contributed by atoms with Crippen molar-refractivity contribution >= 4 is 27.6 Å². The van der Waals surface area contributed by atoms with Gasteiger partial charge in [0.05, 0.1) is 4.90 Å². The number of para-hydroxylation sites is 1. The molecular weight excluding hydrogens is 416 g/mol. The van der Waals surface area contributed by atoms with E-state index < -0.39 is 21.9 Å². The number of nitrogens with one attached hydrogen (secondary N) is 1. The number of esters is 1. The molecule has 0 aliphatic rings. The lowest BCUT2D eigenvalue weighted by molar-refractivity contribution is -0.147. The summed E-state index contributed by atoms with van der Waals surface area (Å²) in [5.41, 5.74) is 3.41. The molecule has 0 fully saturated rings. The summed E-state index contributed by atoms with van der Waals surface area (Å²) in [5.74, 6) is -0.881. The van der Waals surface area contributed by atoms with Crippen LogP contribution in [0.3, 0.4) is 0 Å². The van der Waals surface area contributed by atoms with E-state index in [1.165, 1.54) is 4.31 Å². The number of hydrogen-bond acceptors (Lipinski definition) is 5. The highest BCUT2D eigenvalue weighted by Crippen LogP contribution is 2.19. The van der Waals surface area contributed by atoms with Gasteiger partial charge in [0.2, 0.25) is 10.0 Å². The second-order valence-electron chi connectivity index (χ2n) is 7.21. The summed E-state index contributed by atoms with van der Waals surface area (Å²) in [7, 11) is -3.50. The zero-order valence-corrected chi connectivity index (χ0v) is 19.3. The van der Waals surface area contributed by atoms with Crippen molar-refractivity contribution in [3.63, 3.8) is 0 Å². The molecule has 0 atom stereocenters. The molecule has 0 heterocycles. The average Bonchev–Trinajstić information content (AvgIpc) is 2.74. The highest BCUT2D eigenvalue weighted by molar-refractivity contribution is 7.89. The number of carbonyl (C=O) groups is 2. The number of benzene rings is 2. The summed E-state index contributed by atoms with van der Waals surface area (Å²) in [6.45, 7) is 7.84. The van der Waals surface area contributed by atoms with E-state index in [9.17, 15) is 18.0 Å². The molecule has 0 spiro atoms. The second kappa shape index (κ2) is 11.1. The lowest BCUT2D eigenvalue weighted by Crippen LogP contribution is -2.30. The Labute approximate surface area is 184 Å². The topological polar surface area (TPSA) is 92.8 Å². The van der Waals surface area contributed by atoms with Crippen LogP contribution in [0.2, 0.25) is 0 Å². The van der Waals surface area contributed by atoms with Gasteiger partial charge in [-0.1, -0.05) is 44.2 Å². The SMILES string of the molecule is CCN(CC)S(=O)(=O)c1ccc(CCC(=O)OCC(=O)Nc2c(C)cccc2C)cc1. The van der Waals surface area contributed by atoms with Gasteiger partial charge in [0.1, 0.15) is 0 Å². The minimum absolute atomic E-state index is 0.0960. The van der Waals surface area contributed by atoms with Gasteiger partial charge in [-0.15, -0.1) is 0 Å². The molecule has 2 rings (SSSR count). The number of sulfonamides is 1. The first-order chi connectivity index (χ1) is 14.7. The number of hydrogen-bond donors (Lipinski definition) is 1. The Balaban J connectivity index is 1.84. The number of aryl methyl sites for hydroxylation is 3. The summed E-state index contributed by atoms with van der Waals surface area (Å²) in [6.07, 6.45) is 0.488. The number of ether oxygens (including phenoxy) is 1. The van der Waals surface area contributed by atoms with Gasteiger partial charge in [0.15, 0.2) is 6.61 Å². The molecule has 31 heavy (non-hydrogen) atoms. The van der Waals surface area contributed by atoms with E-state index in [0.29, 0.717) is 19.5 Å². The molecular formula is C23H30N2O5S. The third-order valence-electron chi connectivity index (χ3n) is 4.99. The second-order valence-corrected chi connectivity index (χ2v) is 9.15. The van der Waals surface area contributed by atoms with Gasteiger partial charge >= 0.3 is 5.97 Å². The Morgan fingerprint density at radius 1 is 0.968 bits per heavy atom. The van der Waals surface area contributed by atoms with Crippen LogP contribution in [-0.4, -0.2) is 44.3 Å². The van der Waals surface area contributed by atoms with Crippen molar-refractivity contribution in [2.45, 2.75) is 45.4 Å². The van der Waals surface area contributed by atoms with Crippen LogP contribution in [-0.2, 0) is 30.8 Å². The molecule has 0 bridgehead atoms. The number of carbonyl (C=O) groups excluding carboxylic acids is 2. The van der Waals surface area contributed by atoms with Crippen LogP contribution < -0.4 is 5.32 Å². The number of anilines is 1. The van der Waals surface area contributed by atoms with Crippen molar-refractivity contribution in [1.82, 2.24) is 4.31 Å². The Kier molecular flexibility index (Phi) is 8.76. The predicted octanol–water partition coefficient (Wildman–Crippen LogP) is 3.45. The molecule has 168 valence electrons. The van der Waals surface area contributed by atoms with Gasteiger partial charge in [-0.2, -0.15) is 4.31 Å². The van der Waals surface area contributed by atoms with E-state index in [-0.39, 0.29) is 17.9 Å². The first-order valence-electron chi connectivity index (χ1n) is 10.3. The lowest BCUT2D eigenvalue weighted by atomic mass is 10.1. The molecule has 1 amide bonds. The quantitative estimate of drug-likeness (QED) is 0.564. The molecule has 1 N–H and O–H groups in total. The smallest absolute Gasteiger partial charge is 0.306 e. The maximum absolute atomic E-state index is 12.5. The third-order valence-corrected chi connectivity index (χ3v) is 7.06. The van der Waals surface area contributed by atoms with E-state index in [0.717, 1.165) is 22.4 Å². The van der Waals surface area contributed by atoms with Crippen molar-refractivity contribution in [3.8, 4) is 0 Å². The molecule has 0 radical (unpaired) electrons. The molecule has 0 aliphatic carbocycles. The Morgan fingerprint density at radius 2 is 1.55 bits per heavy atom. The maximum atomic E-state index is 12.5. The van der Waals surface area contributed by atoms with Crippen LogP contribution >= 0.6 is 0 Å². The van der Waals surface area contributed by atoms with Crippen LogP contribution in [0.1, 0.15) is 37.0 Å².